The van der Waals surface area contributed by atoms with Gasteiger partial charge in [0.2, 0.25) is 0 Å². The summed E-state index contributed by atoms with van der Waals surface area (Å²) in [5.41, 5.74) is 11.6. The lowest BCUT2D eigenvalue weighted by atomic mass is 9.95. The van der Waals surface area contributed by atoms with Crippen molar-refractivity contribution < 1.29 is 0 Å². The monoisotopic (exact) mass is 921 g/mol. The van der Waals surface area contributed by atoms with Crippen LogP contribution in [0.5, 0.6) is 0 Å². The average molecular weight is 922 g/mol. The Labute approximate surface area is 411 Å². The van der Waals surface area contributed by atoms with Crippen molar-refractivity contribution in [2.75, 3.05) is 0 Å². The van der Waals surface area contributed by atoms with Gasteiger partial charge in [-0.3, -0.25) is 0 Å². The van der Waals surface area contributed by atoms with Crippen LogP contribution in [-0.2, 0) is 0 Å². The first-order valence-corrected chi connectivity index (χ1v) is 24.8. The molecular weight excluding hydrogens is 883 g/mol. The maximum absolute atomic E-state index is 5.51. The quantitative estimate of drug-likeness (QED) is 0.167. The fourth-order valence-corrected chi connectivity index (χ4v) is 12.3. The summed E-state index contributed by atoms with van der Waals surface area (Å²) in [6.07, 6.45) is 0. The second-order valence-corrected chi connectivity index (χ2v) is 19.4. The smallest absolute Gasteiger partial charge is 0.166 e. The molecule has 0 N–H and O–H groups in total. The average Bonchev–Trinajstić information content (AvgIpc) is 4.09. The highest BCUT2D eigenvalue weighted by molar-refractivity contribution is 7.26. The normalized spacial score (nSPS) is 11.9. The maximum Gasteiger partial charge on any atom is 0.166 e. The molecule has 0 fully saturated rings. The van der Waals surface area contributed by atoms with E-state index in [1.807, 2.05) is 29.5 Å². The van der Waals surface area contributed by atoms with Crippen LogP contribution in [0.2, 0.25) is 0 Å². The number of para-hydroxylation sites is 4. The Balaban J connectivity index is 1.03. The van der Waals surface area contributed by atoms with E-state index in [9.17, 15) is 0 Å². The highest BCUT2D eigenvalue weighted by Crippen LogP contribution is 2.46. The molecule has 0 saturated heterocycles. The third-order valence-electron chi connectivity index (χ3n) is 14.3. The van der Waals surface area contributed by atoms with E-state index in [-0.39, 0.29) is 0 Å². The minimum Gasteiger partial charge on any atom is -0.309 e. The van der Waals surface area contributed by atoms with E-state index in [0.717, 1.165) is 66.6 Å². The van der Waals surface area contributed by atoms with Crippen molar-refractivity contribution in [2.24, 2.45) is 0 Å². The SMILES string of the molecule is c1ccc(-c2nc(-c3ccc(-n4c5ccccc5c5cc6ccccc6cc54)c(-c4cccc5sc6cc7ccccc7cc6c45)c3)nc(-c3cccc4c5ccccc5n(-c5ccccc5)c34)n2)cc1. The Morgan fingerprint density at radius 3 is 1.63 bits per heavy atom. The molecule has 0 bridgehead atoms. The number of hydrogen-bond acceptors (Lipinski definition) is 4. The Kier molecular flexibility index (Phi) is 8.76. The van der Waals surface area contributed by atoms with E-state index < -0.39 is 0 Å². The van der Waals surface area contributed by atoms with E-state index >= 15 is 0 Å². The van der Waals surface area contributed by atoms with Crippen LogP contribution in [0.25, 0.3) is 142 Å². The summed E-state index contributed by atoms with van der Waals surface area (Å²) < 4.78 is 7.33. The van der Waals surface area contributed by atoms with Gasteiger partial charge in [0.15, 0.2) is 17.5 Å². The maximum atomic E-state index is 5.51. The van der Waals surface area contributed by atoms with E-state index in [0.29, 0.717) is 17.5 Å². The molecule has 4 aromatic heterocycles. The van der Waals surface area contributed by atoms with Crippen molar-refractivity contribution in [2.45, 2.75) is 0 Å². The Hall–Kier alpha value is -9.23. The fourth-order valence-electron chi connectivity index (χ4n) is 11.1. The third kappa shape index (κ3) is 6.22. The summed E-state index contributed by atoms with van der Waals surface area (Å²) in [4.78, 5) is 16.2. The lowest BCUT2D eigenvalue weighted by Crippen LogP contribution is -2.03. The van der Waals surface area contributed by atoms with Crippen LogP contribution >= 0.6 is 11.3 Å². The number of hydrogen-bond donors (Lipinski definition) is 0. The topological polar surface area (TPSA) is 48.5 Å². The van der Waals surface area contributed by atoms with Gasteiger partial charge in [-0.05, 0) is 106 Å². The molecule has 0 amide bonds. The van der Waals surface area contributed by atoms with Crippen molar-refractivity contribution >= 4 is 96.7 Å². The third-order valence-corrected chi connectivity index (χ3v) is 15.4. The van der Waals surface area contributed by atoms with Gasteiger partial charge in [-0.25, -0.2) is 15.0 Å². The summed E-state index contributed by atoms with van der Waals surface area (Å²) in [7, 11) is 0. The Bertz CT molecular complexity index is 4640. The number of rotatable bonds is 6. The zero-order chi connectivity index (χ0) is 46.6. The number of thiophene rings is 1. The molecule has 0 radical (unpaired) electrons. The molecule has 0 atom stereocenters. The van der Waals surface area contributed by atoms with Crippen molar-refractivity contribution in [1.82, 2.24) is 24.1 Å². The summed E-state index contributed by atoms with van der Waals surface area (Å²) in [6, 6.07) is 85.2. The van der Waals surface area contributed by atoms with Crippen LogP contribution in [0.3, 0.4) is 0 Å². The van der Waals surface area contributed by atoms with Crippen molar-refractivity contribution in [3.05, 3.63) is 237 Å². The van der Waals surface area contributed by atoms with Gasteiger partial charge in [0.1, 0.15) is 0 Å². The summed E-state index contributed by atoms with van der Waals surface area (Å²) in [5.74, 6) is 1.82. The molecule has 15 rings (SSSR count). The van der Waals surface area contributed by atoms with Gasteiger partial charge >= 0.3 is 0 Å². The van der Waals surface area contributed by atoms with E-state index in [1.165, 1.54) is 57.9 Å². The molecule has 71 heavy (non-hydrogen) atoms. The molecule has 4 heterocycles. The number of nitrogens with zero attached hydrogens (tertiary/aromatic N) is 5. The largest absolute Gasteiger partial charge is 0.309 e. The Morgan fingerprint density at radius 1 is 0.310 bits per heavy atom. The van der Waals surface area contributed by atoms with E-state index in [2.05, 4.69) is 228 Å². The highest BCUT2D eigenvalue weighted by atomic mass is 32.1. The molecule has 0 aliphatic heterocycles. The molecule has 0 unspecified atom stereocenters. The number of aromatic nitrogens is 5. The second-order valence-electron chi connectivity index (χ2n) is 18.3. The minimum absolute atomic E-state index is 0.600. The predicted molar refractivity (Wildman–Crippen MR) is 298 cm³/mol. The summed E-state index contributed by atoms with van der Waals surface area (Å²) in [6.45, 7) is 0. The highest BCUT2D eigenvalue weighted by Gasteiger charge is 2.23. The van der Waals surface area contributed by atoms with Gasteiger partial charge in [-0.15, -0.1) is 11.3 Å². The standard InChI is InChI=1S/C65H39N5S/c1-3-17-40(18-4-1)63-66-64(68-65(67-63)51-29-15-28-50-47-25-11-13-30-55(47)69(62(50)51)46-23-5-2-6-24-46)45-33-34-57(70-56-31-14-12-26-48(56)52-35-41-19-7-9-21-43(41)38-58(52)70)53(37-45)49-27-16-32-59-61(49)54-36-42-20-8-10-22-44(42)39-60(54)71-59/h1-39H. The molecule has 0 saturated carbocycles. The van der Waals surface area contributed by atoms with Crippen LogP contribution < -0.4 is 0 Å². The lowest BCUT2D eigenvalue weighted by molar-refractivity contribution is 1.07. The van der Waals surface area contributed by atoms with Crippen LogP contribution in [0.4, 0.5) is 0 Å². The molecule has 15 aromatic rings. The van der Waals surface area contributed by atoms with Crippen LogP contribution in [0.1, 0.15) is 0 Å². The first kappa shape index (κ1) is 39.7. The summed E-state index contributed by atoms with van der Waals surface area (Å²) >= 11 is 1.85. The zero-order valence-corrected chi connectivity index (χ0v) is 39.0. The molecule has 0 aliphatic carbocycles. The van der Waals surface area contributed by atoms with E-state index in [4.69, 9.17) is 15.0 Å². The molecule has 6 heteroatoms. The number of fused-ring (bicyclic) bond motifs is 11. The molecule has 0 spiro atoms. The van der Waals surface area contributed by atoms with Gasteiger partial charge in [-0.2, -0.15) is 0 Å². The Morgan fingerprint density at radius 2 is 0.873 bits per heavy atom. The molecular formula is C65H39N5S. The molecule has 330 valence electrons. The predicted octanol–water partition coefficient (Wildman–Crippen LogP) is 17.4. The first-order valence-electron chi connectivity index (χ1n) is 24.0. The lowest BCUT2D eigenvalue weighted by Gasteiger charge is -2.17. The van der Waals surface area contributed by atoms with Gasteiger partial charge in [0.05, 0.1) is 27.8 Å². The molecule has 5 nitrogen and oxygen atoms in total. The summed E-state index contributed by atoms with van der Waals surface area (Å²) in [5, 5.41) is 12.1. The fraction of sp³-hybridized carbons (Fsp3) is 0. The molecule has 11 aromatic carbocycles. The van der Waals surface area contributed by atoms with Crippen molar-refractivity contribution in [3.8, 4) is 56.7 Å². The van der Waals surface area contributed by atoms with Crippen molar-refractivity contribution in [3.63, 3.8) is 0 Å². The van der Waals surface area contributed by atoms with Gasteiger partial charge in [0, 0.05) is 69.7 Å². The van der Waals surface area contributed by atoms with Crippen LogP contribution in [0.15, 0.2) is 237 Å². The van der Waals surface area contributed by atoms with Gasteiger partial charge in [0.25, 0.3) is 0 Å². The van der Waals surface area contributed by atoms with Crippen molar-refractivity contribution in [1.29, 1.82) is 0 Å². The second kappa shape index (κ2) is 15.7. The van der Waals surface area contributed by atoms with Gasteiger partial charge in [-0.1, -0.05) is 158 Å². The minimum atomic E-state index is 0.600. The van der Waals surface area contributed by atoms with Crippen LogP contribution in [0, 0.1) is 0 Å². The van der Waals surface area contributed by atoms with Gasteiger partial charge < -0.3 is 9.13 Å². The molecule has 0 aliphatic rings. The van der Waals surface area contributed by atoms with Crippen LogP contribution in [-0.4, -0.2) is 24.1 Å². The number of benzene rings is 11. The van der Waals surface area contributed by atoms with E-state index in [1.54, 1.807) is 0 Å². The zero-order valence-electron chi connectivity index (χ0n) is 38.2. The first-order chi connectivity index (χ1) is 35.2.